The van der Waals surface area contributed by atoms with Crippen LogP contribution in [0.3, 0.4) is 0 Å². The number of nitrogens with one attached hydrogen (secondary N) is 1. The Labute approximate surface area is 136 Å². The van der Waals surface area contributed by atoms with Crippen LogP contribution in [-0.2, 0) is 16.0 Å². The molecule has 0 saturated carbocycles. The molecule has 2 aromatic carbocycles. The predicted octanol–water partition coefficient (Wildman–Crippen LogP) is 3.74. The van der Waals surface area contributed by atoms with Crippen molar-refractivity contribution in [2.45, 2.75) is 33.3 Å². The summed E-state index contributed by atoms with van der Waals surface area (Å²) in [6, 6.07) is 14.7. The van der Waals surface area contributed by atoms with Crippen LogP contribution in [0.1, 0.15) is 35.3 Å². The van der Waals surface area contributed by atoms with Crippen LogP contribution in [-0.4, -0.2) is 18.0 Å². The molecule has 1 N–H and O–H groups in total. The van der Waals surface area contributed by atoms with Gasteiger partial charge in [-0.25, -0.2) is 4.79 Å². The van der Waals surface area contributed by atoms with Gasteiger partial charge >= 0.3 is 5.97 Å². The Hall–Kier alpha value is -2.62. The minimum Gasteiger partial charge on any atom is -0.449 e. The minimum absolute atomic E-state index is 0.351. The number of esters is 1. The van der Waals surface area contributed by atoms with E-state index < -0.39 is 12.1 Å². The van der Waals surface area contributed by atoms with E-state index in [0.717, 1.165) is 12.0 Å². The Morgan fingerprint density at radius 2 is 1.74 bits per heavy atom. The van der Waals surface area contributed by atoms with Gasteiger partial charge in [0.05, 0.1) is 5.56 Å². The zero-order valence-electron chi connectivity index (χ0n) is 13.6. The molecule has 0 radical (unpaired) electrons. The topological polar surface area (TPSA) is 55.4 Å². The van der Waals surface area contributed by atoms with Gasteiger partial charge in [0.25, 0.3) is 5.91 Å². The van der Waals surface area contributed by atoms with Gasteiger partial charge in [-0.2, -0.15) is 0 Å². The third-order valence-electron chi connectivity index (χ3n) is 3.65. The Bertz CT molecular complexity index is 692. The van der Waals surface area contributed by atoms with Crippen LogP contribution in [0, 0.1) is 6.92 Å². The summed E-state index contributed by atoms with van der Waals surface area (Å²) in [6.07, 6.45) is 0.0755. The Kier molecular flexibility index (Phi) is 5.52. The zero-order valence-corrected chi connectivity index (χ0v) is 13.6. The molecule has 0 aliphatic carbocycles. The van der Waals surface area contributed by atoms with E-state index in [4.69, 9.17) is 4.74 Å². The molecule has 0 heterocycles. The van der Waals surface area contributed by atoms with E-state index in [2.05, 4.69) is 12.2 Å². The highest BCUT2D eigenvalue weighted by Gasteiger charge is 2.19. The lowest BCUT2D eigenvalue weighted by Crippen LogP contribution is -2.30. The summed E-state index contributed by atoms with van der Waals surface area (Å²) in [6.45, 7) is 5.46. The molecular formula is C19H21NO3. The normalized spacial score (nSPS) is 11.6. The fourth-order valence-electron chi connectivity index (χ4n) is 2.15. The third kappa shape index (κ3) is 4.42. The van der Waals surface area contributed by atoms with E-state index in [0.29, 0.717) is 11.3 Å². The molecular weight excluding hydrogens is 290 g/mol. The number of rotatable bonds is 5. The molecule has 0 spiro atoms. The average molecular weight is 311 g/mol. The zero-order chi connectivity index (χ0) is 16.8. The molecule has 2 rings (SSSR count). The van der Waals surface area contributed by atoms with Crippen LogP contribution < -0.4 is 5.32 Å². The molecule has 0 aliphatic rings. The van der Waals surface area contributed by atoms with Gasteiger partial charge in [0, 0.05) is 5.69 Å². The minimum atomic E-state index is -0.868. The average Bonchev–Trinajstić information content (AvgIpc) is 2.55. The van der Waals surface area contributed by atoms with Crippen molar-refractivity contribution in [2.75, 3.05) is 5.32 Å². The number of carbonyl (C=O) groups is 2. The first-order valence-electron chi connectivity index (χ1n) is 7.67. The molecule has 0 bridgehead atoms. The van der Waals surface area contributed by atoms with Gasteiger partial charge in [-0.3, -0.25) is 4.79 Å². The molecule has 0 aliphatic heterocycles. The van der Waals surface area contributed by atoms with Crippen molar-refractivity contribution in [2.24, 2.45) is 0 Å². The van der Waals surface area contributed by atoms with Crippen molar-refractivity contribution in [1.29, 1.82) is 0 Å². The fourth-order valence-corrected chi connectivity index (χ4v) is 2.15. The Balaban J connectivity index is 1.96. The number of aryl methyl sites for hydroxylation is 2. The van der Waals surface area contributed by atoms with Crippen molar-refractivity contribution in [3.8, 4) is 0 Å². The van der Waals surface area contributed by atoms with Crippen LogP contribution in [0.5, 0.6) is 0 Å². The lowest BCUT2D eigenvalue weighted by Gasteiger charge is -2.14. The first-order valence-corrected chi connectivity index (χ1v) is 7.67. The van der Waals surface area contributed by atoms with E-state index in [9.17, 15) is 9.59 Å². The van der Waals surface area contributed by atoms with Gasteiger partial charge in [-0.05, 0) is 49.6 Å². The van der Waals surface area contributed by atoms with Gasteiger partial charge in [0.1, 0.15) is 0 Å². The van der Waals surface area contributed by atoms with Gasteiger partial charge in [-0.15, -0.1) is 0 Å². The molecule has 1 atom stereocenters. The molecule has 1 amide bonds. The molecule has 23 heavy (non-hydrogen) atoms. The fraction of sp³-hybridized carbons (Fsp3) is 0.263. The second-order valence-electron chi connectivity index (χ2n) is 5.40. The van der Waals surface area contributed by atoms with Crippen LogP contribution in [0.15, 0.2) is 48.5 Å². The first-order chi connectivity index (χ1) is 11.0. The summed E-state index contributed by atoms with van der Waals surface area (Å²) < 4.78 is 5.25. The number of hydrogen-bond donors (Lipinski definition) is 1. The van der Waals surface area contributed by atoms with Crippen molar-refractivity contribution >= 4 is 17.6 Å². The Morgan fingerprint density at radius 3 is 2.35 bits per heavy atom. The molecule has 2 aromatic rings. The monoisotopic (exact) mass is 311 g/mol. The summed E-state index contributed by atoms with van der Waals surface area (Å²) in [7, 11) is 0. The lowest BCUT2D eigenvalue weighted by atomic mass is 10.1. The third-order valence-corrected chi connectivity index (χ3v) is 3.65. The summed E-state index contributed by atoms with van der Waals surface area (Å²) in [5.74, 6) is -0.844. The number of amides is 1. The standard InChI is InChI=1S/C19H21NO3/c1-4-15-9-11-16(12-10-15)20-18(21)14(3)23-19(22)17-8-6-5-7-13(17)2/h5-12,14H,4H2,1-3H3,(H,20,21)/t14-/m1/s1. The highest BCUT2D eigenvalue weighted by atomic mass is 16.5. The van der Waals surface area contributed by atoms with Gasteiger partial charge in [0.2, 0.25) is 0 Å². The number of anilines is 1. The summed E-state index contributed by atoms with van der Waals surface area (Å²) in [5.41, 5.74) is 3.17. The maximum Gasteiger partial charge on any atom is 0.339 e. The second-order valence-corrected chi connectivity index (χ2v) is 5.40. The maximum atomic E-state index is 12.1. The summed E-state index contributed by atoms with van der Waals surface area (Å²) in [4.78, 5) is 24.2. The molecule has 0 unspecified atom stereocenters. The number of benzene rings is 2. The lowest BCUT2D eigenvalue weighted by molar-refractivity contribution is -0.123. The second kappa shape index (κ2) is 7.58. The van der Waals surface area contributed by atoms with Gasteiger partial charge in [0.15, 0.2) is 6.10 Å². The number of hydrogen-bond acceptors (Lipinski definition) is 3. The van der Waals surface area contributed by atoms with Crippen LogP contribution in [0.4, 0.5) is 5.69 Å². The number of ether oxygens (including phenoxy) is 1. The SMILES string of the molecule is CCc1ccc(NC(=O)[C@@H](C)OC(=O)c2ccccc2C)cc1. The highest BCUT2D eigenvalue weighted by Crippen LogP contribution is 2.13. The molecule has 120 valence electrons. The van der Waals surface area contributed by atoms with Crippen molar-refractivity contribution in [1.82, 2.24) is 0 Å². The van der Waals surface area contributed by atoms with E-state index >= 15 is 0 Å². The van der Waals surface area contributed by atoms with Crippen LogP contribution >= 0.6 is 0 Å². The van der Waals surface area contributed by atoms with E-state index in [-0.39, 0.29) is 5.91 Å². The van der Waals surface area contributed by atoms with Crippen LogP contribution in [0.2, 0.25) is 0 Å². The van der Waals surface area contributed by atoms with Crippen molar-refractivity contribution in [3.05, 3.63) is 65.2 Å². The smallest absolute Gasteiger partial charge is 0.339 e. The van der Waals surface area contributed by atoms with Gasteiger partial charge < -0.3 is 10.1 Å². The maximum absolute atomic E-state index is 12.1. The predicted molar refractivity (Wildman–Crippen MR) is 90.5 cm³/mol. The Morgan fingerprint density at radius 1 is 1.09 bits per heavy atom. The van der Waals surface area contributed by atoms with Crippen molar-refractivity contribution < 1.29 is 14.3 Å². The first kappa shape index (κ1) is 16.7. The molecule has 0 fully saturated rings. The largest absolute Gasteiger partial charge is 0.449 e. The quantitative estimate of drug-likeness (QED) is 0.856. The van der Waals surface area contributed by atoms with E-state index in [1.807, 2.05) is 43.3 Å². The van der Waals surface area contributed by atoms with Crippen LogP contribution in [0.25, 0.3) is 0 Å². The summed E-state index contributed by atoms with van der Waals surface area (Å²) >= 11 is 0. The highest BCUT2D eigenvalue weighted by molar-refractivity contribution is 5.97. The van der Waals surface area contributed by atoms with E-state index in [1.165, 1.54) is 5.56 Å². The van der Waals surface area contributed by atoms with Crippen molar-refractivity contribution in [3.63, 3.8) is 0 Å². The van der Waals surface area contributed by atoms with Gasteiger partial charge in [-0.1, -0.05) is 37.3 Å². The molecule has 0 saturated heterocycles. The number of carbonyl (C=O) groups excluding carboxylic acids is 2. The van der Waals surface area contributed by atoms with E-state index in [1.54, 1.807) is 19.1 Å². The summed E-state index contributed by atoms with van der Waals surface area (Å²) in [5, 5.41) is 2.75. The molecule has 4 nitrogen and oxygen atoms in total. The molecule has 4 heteroatoms. The molecule has 0 aromatic heterocycles.